The second-order valence-corrected chi connectivity index (χ2v) is 9.46. The summed E-state index contributed by atoms with van der Waals surface area (Å²) >= 11 is 0. The average molecular weight is 482 g/mol. The molecule has 3 aromatic rings. The number of imidazole rings is 1. The van der Waals surface area contributed by atoms with Crippen molar-refractivity contribution in [1.29, 1.82) is 0 Å². The van der Waals surface area contributed by atoms with Gasteiger partial charge in [-0.05, 0) is 56.6 Å². The molecule has 35 heavy (non-hydrogen) atoms. The quantitative estimate of drug-likeness (QED) is 0.465. The number of halogens is 1. The first-order valence-corrected chi connectivity index (χ1v) is 12.4. The van der Waals surface area contributed by atoms with Crippen molar-refractivity contribution in [3.63, 3.8) is 0 Å². The van der Waals surface area contributed by atoms with Gasteiger partial charge >= 0.3 is 0 Å². The Labute approximate surface area is 203 Å². The van der Waals surface area contributed by atoms with Crippen molar-refractivity contribution in [1.82, 2.24) is 24.8 Å². The predicted molar refractivity (Wildman–Crippen MR) is 132 cm³/mol. The number of nitrogens with zero attached hydrogens (tertiary/aromatic N) is 4. The lowest BCUT2D eigenvalue weighted by Crippen LogP contribution is -2.30. The smallest absolute Gasteiger partial charge is 0.224 e. The molecule has 5 rings (SSSR count). The Kier molecular flexibility index (Phi) is 7.08. The molecule has 2 fully saturated rings. The fraction of sp³-hybridized carbons (Fsp3) is 0.520. The normalized spacial score (nSPS) is 21.1. The lowest BCUT2D eigenvalue weighted by atomic mass is 9.86. The Morgan fingerprint density at radius 1 is 1.11 bits per heavy atom. The standard InChI is InChI=1S/C25H32FN7O2/c1-16(34)27-14-17-6-8-19(9-7-17)33-23-22(31-25(33)30-21-5-3-2-4-20(21)26)15-28-24(32-23)29-18-10-12-35-13-11-18/h2-5,15,17-19H,6-14H2,1H3,(H,27,34)(H,30,31)(H,28,29,32). The molecule has 2 aromatic heterocycles. The Morgan fingerprint density at radius 3 is 2.63 bits per heavy atom. The molecule has 0 unspecified atom stereocenters. The molecule has 3 heterocycles. The molecule has 1 aliphatic carbocycles. The minimum atomic E-state index is -0.335. The number of carbonyl (C=O) groups excluding carboxylic acids is 1. The van der Waals surface area contributed by atoms with Crippen LogP contribution >= 0.6 is 0 Å². The van der Waals surface area contributed by atoms with Crippen LogP contribution in [0.25, 0.3) is 11.2 Å². The maximum absolute atomic E-state index is 14.4. The van der Waals surface area contributed by atoms with E-state index in [1.54, 1.807) is 31.3 Å². The number of benzene rings is 1. The number of fused-ring (bicyclic) bond motifs is 1. The number of hydrogen-bond donors (Lipinski definition) is 3. The molecule has 1 saturated heterocycles. The van der Waals surface area contributed by atoms with Gasteiger partial charge in [0, 0.05) is 38.8 Å². The van der Waals surface area contributed by atoms with Gasteiger partial charge in [0.25, 0.3) is 0 Å². The fourth-order valence-electron chi connectivity index (χ4n) is 5.00. The van der Waals surface area contributed by atoms with Crippen LogP contribution in [0, 0.1) is 11.7 Å². The number of para-hydroxylation sites is 1. The van der Waals surface area contributed by atoms with E-state index >= 15 is 0 Å². The summed E-state index contributed by atoms with van der Waals surface area (Å²) < 4.78 is 22.0. The Bertz CT molecular complexity index is 1170. The summed E-state index contributed by atoms with van der Waals surface area (Å²) in [5.74, 6) is 1.26. The number of nitrogens with one attached hydrogen (secondary N) is 3. The van der Waals surface area contributed by atoms with Crippen LogP contribution in [-0.2, 0) is 9.53 Å². The molecule has 186 valence electrons. The number of aromatic nitrogens is 4. The minimum absolute atomic E-state index is 0.00496. The first-order chi connectivity index (χ1) is 17.1. The van der Waals surface area contributed by atoms with Gasteiger partial charge in [-0.1, -0.05) is 12.1 Å². The van der Waals surface area contributed by atoms with E-state index in [1.165, 1.54) is 6.07 Å². The summed E-state index contributed by atoms with van der Waals surface area (Å²) in [6.07, 6.45) is 7.39. The van der Waals surface area contributed by atoms with E-state index in [0.717, 1.165) is 57.4 Å². The van der Waals surface area contributed by atoms with Crippen molar-refractivity contribution in [2.45, 2.75) is 57.5 Å². The van der Waals surface area contributed by atoms with Gasteiger partial charge in [0.15, 0.2) is 5.65 Å². The summed E-state index contributed by atoms with van der Waals surface area (Å²) in [6.45, 7) is 3.72. The summed E-state index contributed by atoms with van der Waals surface area (Å²) in [5.41, 5.74) is 1.78. The third-order valence-corrected chi connectivity index (χ3v) is 6.93. The average Bonchev–Trinajstić information content (AvgIpc) is 3.22. The molecule has 1 aliphatic heterocycles. The Morgan fingerprint density at radius 2 is 1.89 bits per heavy atom. The summed E-state index contributed by atoms with van der Waals surface area (Å²) in [5, 5.41) is 9.58. The molecule has 0 bridgehead atoms. The molecule has 2 aliphatic rings. The van der Waals surface area contributed by atoms with Gasteiger partial charge < -0.3 is 20.7 Å². The first kappa shape index (κ1) is 23.5. The van der Waals surface area contributed by atoms with E-state index in [9.17, 15) is 9.18 Å². The summed E-state index contributed by atoms with van der Waals surface area (Å²) in [6, 6.07) is 7.03. The van der Waals surface area contributed by atoms with Crippen LogP contribution in [0.1, 0.15) is 51.5 Å². The topological polar surface area (TPSA) is 106 Å². The zero-order chi connectivity index (χ0) is 24.2. The van der Waals surface area contributed by atoms with Crippen LogP contribution in [0.4, 0.5) is 22.0 Å². The molecule has 10 heteroatoms. The third kappa shape index (κ3) is 5.53. The lowest BCUT2D eigenvalue weighted by Gasteiger charge is -2.30. The van der Waals surface area contributed by atoms with E-state index in [-0.39, 0.29) is 23.8 Å². The van der Waals surface area contributed by atoms with Crippen LogP contribution in [0.3, 0.4) is 0 Å². The van der Waals surface area contributed by atoms with E-state index in [1.807, 2.05) is 0 Å². The van der Waals surface area contributed by atoms with E-state index < -0.39 is 0 Å². The van der Waals surface area contributed by atoms with Crippen molar-refractivity contribution in [3.8, 4) is 0 Å². The van der Waals surface area contributed by atoms with Crippen LogP contribution in [0.2, 0.25) is 0 Å². The van der Waals surface area contributed by atoms with Crippen molar-refractivity contribution in [3.05, 3.63) is 36.3 Å². The first-order valence-electron chi connectivity index (χ1n) is 12.4. The highest BCUT2D eigenvalue weighted by molar-refractivity contribution is 5.76. The molecule has 0 spiro atoms. The highest BCUT2D eigenvalue weighted by Crippen LogP contribution is 2.37. The zero-order valence-corrected chi connectivity index (χ0v) is 20.0. The molecule has 1 amide bonds. The number of ether oxygens (including phenoxy) is 1. The monoisotopic (exact) mass is 481 g/mol. The van der Waals surface area contributed by atoms with Crippen molar-refractivity contribution in [2.75, 3.05) is 30.4 Å². The van der Waals surface area contributed by atoms with Crippen LogP contribution in [0.5, 0.6) is 0 Å². The van der Waals surface area contributed by atoms with Gasteiger partial charge in [-0.25, -0.2) is 14.4 Å². The fourth-order valence-corrected chi connectivity index (χ4v) is 5.00. The van der Waals surface area contributed by atoms with Gasteiger partial charge in [0.05, 0.1) is 11.9 Å². The molecular formula is C25H32FN7O2. The van der Waals surface area contributed by atoms with Crippen molar-refractivity contribution >= 4 is 34.7 Å². The van der Waals surface area contributed by atoms with Gasteiger partial charge in [-0.15, -0.1) is 0 Å². The largest absolute Gasteiger partial charge is 0.381 e. The molecule has 1 saturated carbocycles. The van der Waals surface area contributed by atoms with E-state index in [0.29, 0.717) is 35.6 Å². The maximum Gasteiger partial charge on any atom is 0.224 e. The number of rotatable bonds is 7. The van der Waals surface area contributed by atoms with Crippen molar-refractivity contribution < 1.29 is 13.9 Å². The highest BCUT2D eigenvalue weighted by atomic mass is 19.1. The molecule has 0 atom stereocenters. The molecular weight excluding hydrogens is 449 g/mol. The molecule has 0 radical (unpaired) electrons. The zero-order valence-electron chi connectivity index (χ0n) is 20.0. The third-order valence-electron chi connectivity index (χ3n) is 6.93. The SMILES string of the molecule is CC(=O)NCC1CCC(n2c(Nc3ccccc3F)nc3cnc(NC4CCOCC4)nc32)CC1. The summed E-state index contributed by atoms with van der Waals surface area (Å²) in [4.78, 5) is 25.4. The van der Waals surface area contributed by atoms with Crippen LogP contribution in [0.15, 0.2) is 30.5 Å². The van der Waals surface area contributed by atoms with E-state index in [2.05, 4.69) is 25.5 Å². The number of carbonyl (C=O) groups is 1. The van der Waals surface area contributed by atoms with Gasteiger partial charge in [0.2, 0.25) is 17.8 Å². The van der Waals surface area contributed by atoms with Gasteiger partial charge in [0.1, 0.15) is 11.3 Å². The van der Waals surface area contributed by atoms with Crippen molar-refractivity contribution in [2.24, 2.45) is 5.92 Å². The second kappa shape index (κ2) is 10.6. The molecule has 1 aromatic carbocycles. The molecule has 3 N–H and O–H groups in total. The Hall–Kier alpha value is -3.27. The predicted octanol–water partition coefficient (Wildman–Crippen LogP) is 4.17. The minimum Gasteiger partial charge on any atom is -0.381 e. The van der Waals surface area contributed by atoms with Crippen LogP contribution in [-0.4, -0.2) is 51.2 Å². The lowest BCUT2D eigenvalue weighted by molar-refractivity contribution is -0.119. The molecule has 9 nitrogen and oxygen atoms in total. The number of anilines is 3. The van der Waals surface area contributed by atoms with Gasteiger partial charge in [-0.3, -0.25) is 9.36 Å². The Balaban J connectivity index is 1.44. The second-order valence-electron chi connectivity index (χ2n) is 9.46. The summed E-state index contributed by atoms with van der Waals surface area (Å²) in [7, 11) is 0. The van der Waals surface area contributed by atoms with Gasteiger partial charge in [-0.2, -0.15) is 4.98 Å². The van der Waals surface area contributed by atoms with Crippen LogP contribution < -0.4 is 16.0 Å². The number of hydrogen-bond acceptors (Lipinski definition) is 7. The maximum atomic E-state index is 14.4. The highest BCUT2D eigenvalue weighted by Gasteiger charge is 2.27. The number of amides is 1. The van der Waals surface area contributed by atoms with E-state index in [4.69, 9.17) is 14.7 Å².